The van der Waals surface area contributed by atoms with Crippen LogP contribution < -0.4 is 5.32 Å². The molecule has 2 N–H and O–H groups in total. The van der Waals surface area contributed by atoms with Crippen LogP contribution in [0.1, 0.15) is 50.0 Å². The zero-order valence-corrected chi connectivity index (χ0v) is 17.8. The third kappa shape index (κ3) is 5.33. The van der Waals surface area contributed by atoms with E-state index in [2.05, 4.69) is 21.4 Å². The van der Waals surface area contributed by atoms with Crippen molar-refractivity contribution >= 4 is 28.4 Å². The molecule has 0 unspecified atom stereocenters. The van der Waals surface area contributed by atoms with Gasteiger partial charge >= 0.3 is 0 Å². The number of nitrogens with one attached hydrogen (secondary N) is 2. The lowest BCUT2D eigenvalue weighted by Gasteiger charge is -2.30. The maximum Gasteiger partial charge on any atom is 0.220 e. The molecular weight excluding hydrogens is 386 g/mol. The molecule has 29 heavy (non-hydrogen) atoms. The molecule has 1 aromatic carbocycles. The van der Waals surface area contributed by atoms with Crippen LogP contribution in [0, 0.1) is 5.92 Å². The summed E-state index contributed by atoms with van der Waals surface area (Å²) in [6.07, 6.45) is 8.91. The second-order valence-corrected chi connectivity index (χ2v) is 8.88. The molecule has 4 rings (SSSR count). The van der Waals surface area contributed by atoms with Crippen LogP contribution in [0.4, 0.5) is 0 Å². The van der Waals surface area contributed by atoms with Crippen LogP contribution in [0.25, 0.3) is 10.9 Å². The zero-order chi connectivity index (χ0) is 20.1. The smallest absolute Gasteiger partial charge is 0.220 e. The van der Waals surface area contributed by atoms with E-state index in [9.17, 15) is 4.79 Å². The Morgan fingerprint density at radius 3 is 2.83 bits per heavy atom. The summed E-state index contributed by atoms with van der Waals surface area (Å²) < 4.78 is 5.39. The standard InChI is InChI=1S/C23H32ClN3O2/c24-18-6-7-22-20(14-18)21(16-26-22)19(17-4-2-1-3-5-17)15-23(28)25-8-9-27-10-12-29-13-11-27/h6-7,14,16-17,19,26H,1-5,8-13,15H2,(H,25,28)/t19-/m0/s1. The minimum absolute atomic E-state index is 0.158. The molecule has 1 amide bonds. The molecule has 1 saturated carbocycles. The number of rotatable bonds is 7. The topological polar surface area (TPSA) is 57.4 Å². The van der Waals surface area contributed by atoms with Gasteiger partial charge in [0.1, 0.15) is 0 Å². The molecular formula is C23H32ClN3O2. The van der Waals surface area contributed by atoms with Crippen LogP contribution >= 0.6 is 11.6 Å². The van der Waals surface area contributed by atoms with E-state index in [1.54, 1.807) is 0 Å². The summed E-state index contributed by atoms with van der Waals surface area (Å²) >= 11 is 6.28. The Labute approximate surface area is 178 Å². The third-order valence-electron chi connectivity index (χ3n) is 6.55. The van der Waals surface area contributed by atoms with Gasteiger partial charge in [0.2, 0.25) is 5.91 Å². The first-order valence-corrected chi connectivity index (χ1v) is 11.4. The van der Waals surface area contributed by atoms with Gasteiger partial charge in [0.15, 0.2) is 0 Å². The Bertz CT molecular complexity index is 810. The highest BCUT2D eigenvalue weighted by molar-refractivity contribution is 6.31. The number of hydrogen-bond acceptors (Lipinski definition) is 3. The van der Waals surface area contributed by atoms with E-state index in [1.165, 1.54) is 37.7 Å². The number of aromatic amines is 1. The number of fused-ring (bicyclic) bond motifs is 1. The average molecular weight is 418 g/mol. The molecule has 2 aliphatic rings. The van der Waals surface area contributed by atoms with E-state index in [0.29, 0.717) is 18.9 Å². The van der Waals surface area contributed by atoms with Gasteiger partial charge in [-0.25, -0.2) is 0 Å². The average Bonchev–Trinajstić information content (AvgIpc) is 3.16. The molecule has 0 radical (unpaired) electrons. The number of halogens is 1. The summed E-state index contributed by atoms with van der Waals surface area (Å²) in [5.41, 5.74) is 2.34. The Hall–Kier alpha value is -1.56. The number of carbonyl (C=O) groups excluding carboxylic acids is 1. The first-order chi connectivity index (χ1) is 14.2. The Morgan fingerprint density at radius 2 is 2.03 bits per heavy atom. The number of carbonyl (C=O) groups is 1. The predicted molar refractivity (Wildman–Crippen MR) is 118 cm³/mol. The van der Waals surface area contributed by atoms with Crippen LogP contribution in [0.15, 0.2) is 24.4 Å². The van der Waals surface area contributed by atoms with E-state index >= 15 is 0 Å². The number of nitrogens with zero attached hydrogens (tertiary/aromatic N) is 1. The molecule has 1 aliphatic carbocycles. The van der Waals surface area contributed by atoms with Crippen molar-refractivity contribution in [1.82, 2.24) is 15.2 Å². The molecule has 2 fully saturated rings. The number of H-pyrrole nitrogens is 1. The minimum Gasteiger partial charge on any atom is -0.379 e. The number of morpholine rings is 1. The zero-order valence-electron chi connectivity index (χ0n) is 17.1. The Kier molecular flexibility index (Phi) is 7.11. The van der Waals surface area contributed by atoms with Crippen LogP contribution in [0.5, 0.6) is 0 Å². The van der Waals surface area contributed by atoms with Crippen molar-refractivity contribution in [2.75, 3.05) is 39.4 Å². The number of amides is 1. The van der Waals surface area contributed by atoms with Crippen molar-refractivity contribution in [3.05, 3.63) is 35.0 Å². The van der Waals surface area contributed by atoms with E-state index < -0.39 is 0 Å². The summed E-state index contributed by atoms with van der Waals surface area (Å²) in [5, 5.41) is 5.07. The number of benzene rings is 1. The third-order valence-corrected chi connectivity index (χ3v) is 6.79. The maximum atomic E-state index is 12.8. The summed E-state index contributed by atoms with van der Waals surface area (Å²) in [6, 6.07) is 5.98. The highest BCUT2D eigenvalue weighted by Gasteiger charge is 2.29. The normalized spacial score (nSPS) is 20.0. The van der Waals surface area contributed by atoms with E-state index in [4.69, 9.17) is 16.3 Å². The number of ether oxygens (including phenoxy) is 1. The highest BCUT2D eigenvalue weighted by atomic mass is 35.5. The second-order valence-electron chi connectivity index (χ2n) is 8.45. The maximum absolute atomic E-state index is 12.8. The summed E-state index contributed by atoms with van der Waals surface area (Å²) in [6.45, 7) is 5.09. The molecule has 0 spiro atoms. The highest BCUT2D eigenvalue weighted by Crippen LogP contribution is 2.41. The fraction of sp³-hybridized carbons (Fsp3) is 0.609. The first kappa shape index (κ1) is 20.7. The van der Waals surface area contributed by atoms with Gasteiger partial charge in [0.25, 0.3) is 0 Å². The van der Waals surface area contributed by atoms with Crippen LogP contribution in [0.3, 0.4) is 0 Å². The molecule has 2 aromatic rings. The molecule has 1 aliphatic heterocycles. The van der Waals surface area contributed by atoms with Crippen molar-refractivity contribution < 1.29 is 9.53 Å². The van der Waals surface area contributed by atoms with E-state index in [1.807, 2.05) is 18.2 Å². The van der Waals surface area contributed by atoms with Crippen LogP contribution in [-0.2, 0) is 9.53 Å². The van der Waals surface area contributed by atoms with Crippen molar-refractivity contribution in [1.29, 1.82) is 0 Å². The van der Waals surface area contributed by atoms with Gasteiger partial charge in [-0.05, 0) is 48.4 Å². The molecule has 0 bridgehead atoms. The lowest BCUT2D eigenvalue weighted by molar-refractivity contribution is -0.121. The Morgan fingerprint density at radius 1 is 1.24 bits per heavy atom. The van der Waals surface area contributed by atoms with Gasteiger partial charge in [-0.15, -0.1) is 0 Å². The van der Waals surface area contributed by atoms with Gasteiger partial charge in [-0.3, -0.25) is 9.69 Å². The van der Waals surface area contributed by atoms with Gasteiger partial charge < -0.3 is 15.0 Å². The largest absolute Gasteiger partial charge is 0.379 e. The van der Waals surface area contributed by atoms with Crippen molar-refractivity contribution in [2.45, 2.75) is 44.4 Å². The molecule has 1 aromatic heterocycles. The SMILES string of the molecule is O=C(C[C@H](c1c[nH]c2ccc(Cl)cc12)C1CCCCC1)NCCN1CCOCC1. The summed E-state index contributed by atoms with van der Waals surface area (Å²) in [4.78, 5) is 18.6. The minimum atomic E-state index is 0.158. The van der Waals surface area contributed by atoms with E-state index in [0.717, 1.165) is 48.8 Å². The molecule has 6 heteroatoms. The fourth-order valence-electron chi connectivity index (χ4n) is 4.94. The van der Waals surface area contributed by atoms with E-state index in [-0.39, 0.29) is 11.8 Å². The summed E-state index contributed by atoms with van der Waals surface area (Å²) in [5.74, 6) is 0.961. The van der Waals surface area contributed by atoms with Gasteiger partial charge in [-0.1, -0.05) is 30.9 Å². The lowest BCUT2D eigenvalue weighted by atomic mass is 9.75. The van der Waals surface area contributed by atoms with Crippen LogP contribution in [0.2, 0.25) is 5.02 Å². The molecule has 1 saturated heterocycles. The predicted octanol–water partition coefficient (Wildman–Crippen LogP) is 4.32. The van der Waals surface area contributed by atoms with Gasteiger partial charge in [-0.2, -0.15) is 0 Å². The summed E-state index contributed by atoms with van der Waals surface area (Å²) in [7, 11) is 0. The number of hydrogen-bond donors (Lipinski definition) is 2. The quantitative estimate of drug-likeness (QED) is 0.705. The van der Waals surface area contributed by atoms with Gasteiger partial charge in [0.05, 0.1) is 13.2 Å². The molecule has 5 nitrogen and oxygen atoms in total. The van der Waals surface area contributed by atoms with Gasteiger partial charge in [0, 0.05) is 54.7 Å². The van der Waals surface area contributed by atoms with Crippen molar-refractivity contribution in [3.63, 3.8) is 0 Å². The van der Waals surface area contributed by atoms with Crippen molar-refractivity contribution in [3.8, 4) is 0 Å². The first-order valence-electron chi connectivity index (χ1n) is 11.0. The Balaban J connectivity index is 1.44. The lowest BCUT2D eigenvalue weighted by Crippen LogP contribution is -2.41. The molecule has 1 atom stereocenters. The molecule has 158 valence electrons. The second kappa shape index (κ2) is 9.96. The number of aromatic nitrogens is 1. The fourth-order valence-corrected chi connectivity index (χ4v) is 5.11. The monoisotopic (exact) mass is 417 g/mol. The van der Waals surface area contributed by atoms with Crippen molar-refractivity contribution in [2.24, 2.45) is 5.92 Å². The van der Waals surface area contributed by atoms with Crippen LogP contribution in [-0.4, -0.2) is 55.2 Å². The molecule has 2 heterocycles.